The van der Waals surface area contributed by atoms with Crippen molar-refractivity contribution in [1.29, 1.82) is 0 Å². The van der Waals surface area contributed by atoms with E-state index in [2.05, 4.69) is 5.10 Å². The first-order valence-corrected chi connectivity index (χ1v) is 6.28. The van der Waals surface area contributed by atoms with Crippen LogP contribution in [0.15, 0.2) is 36.7 Å². The molecule has 2 heterocycles. The lowest BCUT2D eigenvalue weighted by molar-refractivity contribution is -0.133. The van der Waals surface area contributed by atoms with Crippen LogP contribution in [0, 0.1) is 0 Å². The molecule has 1 aliphatic heterocycles. The second-order valence-electron chi connectivity index (χ2n) is 4.72. The second-order valence-corrected chi connectivity index (χ2v) is 4.72. The summed E-state index contributed by atoms with van der Waals surface area (Å²) in [6.45, 7) is 1.54. The fourth-order valence-corrected chi connectivity index (χ4v) is 2.39. The molecule has 1 amide bonds. The third-order valence-electron chi connectivity index (χ3n) is 3.41. The van der Waals surface area contributed by atoms with Gasteiger partial charge in [-0.05, 0) is 35.7 Å². The van der Waals surface area contributed by atoms with E-state index in [9.17, 15) is 9.90 Å². The summed E-state index contributed by atoms with van der Waals surface area (Å²) in [5.41, 5.74) is 2.24. The minimum atomic E-state index is 0.0534. The Kier molecular flexibility index (Phi) is 2.95. The summed E-state index contributed by atoms with van der Waals surface area (Å²) in [6.07, 6.45) is 4.28. The number of aromatic hydroxyl groups is 1. The van der Waals surface area contributed by atoms with Crippen molar-refractivity contribution >= 4 is 5.91 Å². The Labute approximate surface area is 111 Å². The maximum absolute atomic E-state index is 12.2. The van der Waals surface area contributed by atoms with Crippen LogP contribution in [0.3, 0.4) is 0 Å². The normalized spacial score (nSPS) is 14.2. The van der Waals surface area contributed by atoms with Crippen LogP contribution in [-0.2, 0) is 24.3 Å². The summed E-state index contributed by atoms with van der Waals surface area (Å²) in [5, 5.41) is 13.5. The number of rotatable bonds is 2. The molecule has 1 aromatic carbocycles. The highest BCUT2D eigenvalue weighted by molar-refractivity contribution is 5.76. The van der Waals surface area contributed by atoms with E-state index >= 15 is 0 Å². The molecule has 19 heavy (non-hydrogen) atoms. The molecule has 5 nitrogen and oxygen atoms in total. The SMILES string of the molecule is O=C(Cn1cccn1)N1CCc2ccc(O)cc2C1. The van der Waals surface area contributed by atoms with Gasteiger partial charge in [0.15, 0.2) is 0 Å². The lowest BCUT2D eigenvalue weighted by atomic mass is 9.99. The van der Waals surface area contributed by atoms with Gasteiger partial charge in [0, 0.05) is 25.5 Å². The number of carbonyl (C=O) groups is 1. The van der Waals surface area contributed by atoms with E-state index in [-0.39, 0.29) is 18.2 Å². The van der Waals surface area contributed by atoms with Gasteiger partial charge in [-0.3, -0.25) is 9.48 Å². The smallest absolute Gasteiger partial charge is 0.244 e. The van der Waals surface area contributed by atoms with E-state index in [0.29, 0.717) is 6.54 Å². The largest absolute Gasteiger partial charge is 0.508 e. The monoisotopic (exact) mass is 257 g/mol. The van der Waals surface area contributed by atoms with Crippen LogP contribution in [-0.4, -0.2) is 32.2 Å². The van der Waals surface area contributed by atoms with Gasteiger partial charge in [-0.1, -0.05) is 6.07 Å². The zero-order valence-corrected chi connectivity index (χ0v) is 10.5. The van der Waals surface area contributed by atoms with Crippen LogP contribution < -0.4 is 0 Å². The molecule has 1 N–H and O–H groups in total. The van der Waals surface area contributed by atoms with Crippen LogP contribution in [0.25, 0.3) is 0 Å². The maximum Gasteiger partial charge on any atom is 0.244 e. The first-order chi connectivity index (χ1) is 9.22. The molecule has 2 aromatic rings. The Morgan fingerprint density at radius 1 is 1.37 bits per heavy atom. The minimum absolute atomic E-state index is 0.0534. The molecular formula is C14H15N3O2. The Balaban J connectivity index is 1.72. The lowest BCUT2D eigenvalue weighted by Gasteiger charge is -2.29. The van der Waals surface area contributed by atoms with E-state index in [4.69, 9.17) is 0 Å². The zero-order chi connectivity index (χ0) is 13.2. The van der Waals surface area contributed by atoms with Crippen molar-refractivity contribution in [2.45, 2.75) is 19.5 Å². The number of fused-ring (bicyclic) bond motifs is 1. The zero-order valence-electron chi connectivity index (χ0n) is 10.5. The van der Waals surface area contributed by atoms with Gasteiger partial charge < -0.3 is 10.0 Å². The van der Waals surface area contributed by atoms with E-state index in [1.807, 2.05) is 11.0 Å². The van der Waals surface area contributed by atoms with Crippen molar-refractivity contribution in [2.24, 2.45) is 0 Å². The van der Waals surface area contributed by atoms with Crippen molar-refractivity contribution in [1.82, 2.24) is 14.7 Å². The molecule has 1 aliphatic rings. The quantitative estimate of drug-likeness (QED) is 0.878. The number of aromatic nitrogens is 2. The highest BCUT2D eigenvalue weighted by atomic mass is 16.3. The average molecular weight is 257 g/mol. The van der Waals surface area contributed by atoms with Crippen LogP contribution in [0.5, 0.6) is 5.75 Å². The van der Waals surface area contributed by atoms with Crippen molar-refractivity contribution < 1.29 is 9.90 Å². The summed E-state index contributed by atoms with van der Waals surface area (Å²) in [4.78, 5) is 14.0. The van der Waals surface area contributed by atoms with Gasteiger partial charge in [0.1, 0.15) is 12.3 Å². The molecule has 3 rings (SSSR count). The molecule has 5 heteroatoms. The summed E-state index contributed by atoms with van der Waals surface area (Å²) in [5.74, 6) is 0.304. The molecule has 0 unspecified atom stereocenters. The number of carbonyl (C=O) groups excluding carboxylic acids is 1. The topological polar surface area (TPSA) is 58.4 Å². The molecule has 0 radical (unpaired) electrons. The predicted octanol–water partition coefficient (Wildman–Crippen LogP) is 1.17. The van der Waals surface area contributed by atoms with Crippen molar-refractivity contribution in [3.8, 4) is 5.75 Å². The Morgan fingerprint density at radius 3 is 3.05 bits per heavy atom. The summed E-state index contributed by atoms with van der Waals surface area (Å²) >= 11 is 0. The van der Waals surface area contributed by atoms with Crippen molar-refractivity contribution in [3.63, 3.8) is 0 Å². The minimum Gasteiger partial charge on any atom is -0.508 e. The molecule has 0 fully saturated rings. The molecule has 0 aliphatic carbocycles. The number of benzene rings is 1. The molecular weight excluding hydrogens is 242 g/mol. The Bertz CT molecular complexity index is 593. The van der Waals surface area contributed by atoms with Gasteiger partial charge >= 0.3 is 0 Å². The van der Waals surface area contributed by atoms with Gasteiger partial charge in [-0.2, -0.15) is 5.10 Å². The molecule has 0 bridgehead atoms. The summed E-state index contributed by atoms with van der Waals surface area (Å²) < 4.78 is 1.63. The van der Waals surface area contributed by atoms with Gasteiger partial charge in [0.2, 0.25) is 5.91 Å². The first-order valence-electron chi connectivity index (χ1n) is 6.28. The molecule has 0 atom stereocenters. The number of phenolic OH excluding ortho intramolecular Hbond substituents is 1. The second kappa shape index (κ2) is 4.76. The fourth-order valence-electron chi connectivity index (χ4n) is 2.39. The van der Waals surface area contributed by atoms with Gasteiger partial charge in [0.05, 0.1) is 0 Å². The molecule has 98 valence electrons. The summed E-state index contributed by atoms with van der Waals surface area (Å²) in [7, 11) is 0. The molecule has 1 aromatic heterocycles. The molecule has 0 saturated heterocycles. The number of phenols is 1. The van der Waals surface area contributed by atoms with E-state index in [1.54, 1.807) is 35.3 Å². The summed E-state index contributed by atoms with van der Waals surface area (Å²) in [6, 6.07) is 7.17. The fraction of sp³-hybridized carbons (Fsp3) is 0.286. The third-order valence-corrected chi connectivity index (χ3v) is 3.41. The van der Waals surface area contributed by atoms with Crippen LogP contribution in [0.1, 0.15) is 11.1 Å². The van der Waals surface area contributed by atoms with Gasteiger partial charge in [0.25, 0.3) is 0 Å². The maximum atomic E-state index is 12.2. The van der Waals surface area contributed by atoms with Crippen LogP contribution in [0.4, 0.5) is 0 Å². The number of nitrogens with zero attached hydrogens (tertiary/aromatic N) is 3. The van der Waals surface area contributed by atoms with E-state index in [1.165, 1.54) is 5.56 Å². The highest BCUT2D eigenvalue weighted by Gasteiger charge is 2.21. The van der Waals surface area contributed by atoms with Crippen molar-refractivity contribution in [3.05, 3.63) is 47.8 Å². The molecule has 0 saturated carbocycles. The number of hydrogen-bond acceptors (Lipinski definition) is 3. The van der Waals surface area contributed by atoms with Crippen molar-refractivity contribution in [2.75, 3.05) is 6.54 Å². The first kappa shape index (κ1) is 11.8. The number of hydrogen-bond donors (Lipinski definition) is 1. The highest BCUT2D eigenvalue weighted by Crippen LogP contribution is 2.23. The average Bonchev–Trinajstić information content (AvgIpc) is 2.90. The standard InChI is InChI=1S/C14H15N3O2/c18-13-3-2-11-4-7-16(9-12(11)8-13)14(19)10-17-6-1-5-15-17/h1-3,5-6,8,18H,4,7,9-10H2. The van der Waals surface area contributed by atoms with Gasteiger partial charge in [-0.25, -0.2) is 0 Å². The lowest BCUT2D eigenvalue weighted by Crippen LogP contribution is -2.38. The third kappa shape index (κ3) is 2.45. The molecule has 0 spiro atoms. The predicted molar refractivity (Wildman–Crippen MR) is 69.5 cm³/mol. The number of amides is 1. The van der Waals surface area contributed by atoms with Crippen LogP contribution >= 0.6 is 0 Å². The Hall–Kier alpha value is -2.30. The van der Waals surface area contributed by atoms with Gasteiger partial charge in [-0.15, -0.1) is 0 Å². The van der Waals surface area contributed by atoms with E-state index < -0.39 is 0 Å². The van der Waals surface area contributed by atoms with Crippen LogP contribution in [0.2, 0.25) is 0 Å². The Morgan fingerprint density at radius 2 is 2.26 bits per heavy atom. The van der Waals surface area contributed by atoms with E-state index in [0.717, 1.165) is 18.5 Å².